The van der Waals surface area contributed by atoms with Crippen molar-refractivity contribution >= 4 is 22.8 Å². The fourth-order valence-electron chi connectivity index (χ4n) is 3.80. The molecule has 1 aliphatic rings. The number of carbonyl (C=O) groups is 1. The first-order valence-electron chi connectivity index (χ1n) is 10.6. The van der Waals surface area contributed by atoms with Crippen molar-refractivity contribution in [1.82, 2.24) is 14.9 Å². The lowest BCUT2D eigenvalue weighted by molar-refractivity contribution is 0.0219. The van der Waals surface area contributed by atoms with Crippen LogP contribution in [-0.2, 0) is 4.74 Å². The quantitative estimate of drug-likeness (QED) is 0.645. The van der Waals surface area contributed by atoms with E-state index in [0.717, 1.165) is 16.7 Å². The van der Waals surface area contributed by atoms with Gasteiger partial charge >= 0.3 is 6.09 Å². The molecule has 1 saturated heterocycles. The minimum atomic E-state index is -0.519. The van der Waals surface area contributed by atoms with Crippen molar-refractivity contribution in [2.45, 2.75) is 39.3 Å². The number of aromatic nitrogens is 2. The van der Waals surface area contributed by atoms with Crippen LogP contribution in [0, 0.1) is 11.3 Å². The summed E-state index contributed by atoms with van der Waals surface area (Å²) in [5.41, 5.74) is 1.65. The highest BCUT2D eigenvalue weighted by Crippen LogP contribution is 2.32. The van der Waals surface area contributed by atoms with Crippen molar-refractivity contribution in [1.29, 1.82) is 5.26 Å². The number of nitrogens with zero attached hydrogens (tertiary/aromatic N) is 4. The van der Waals surface area contributed by atoms with E-state index in [-0.39, 0.29) is 12.1 Å². The Labute approximate surface area is 187 Å². The largest absolute Gasteiger partial charge is 0.454 e. The molecule has 8 nitrogen and oxygen atoms in total. The second kappa shape index (κ2) is 8.42. The van der Waals surface area contributed by atoms with Crippen LogP contribution in [0.4, 0.5) is 10.5 Å². The zero-order valence-corrected chi connectivity index (χ0v) is 18.8. The zero-order chi connectivity index (χ0) is 22.9. The van der Waals surface area contributed by atoms with E-state index in [1.807, 2.05) is 51.2 Å². The van der Waals surface area contributed by atoms with Crippen molar-refractivity contribution in [2.24, 2.45) is 0 Å². The Hall–Kier alpha value is -3.73. The predicted molar refractivity (Wildman–Crippen MR) is 122 cm³/mol. The lowest BCUT2D eigenvalue weighted by atomic mass is 10.1. The molecule has 166 valence electrons. The SMILES string of the molecule is C[C@@H]1CN(C(=O)OC(C)(C)C)CCN1c1ccc(C#N)c(Oc2cnc3[nH]ccc3c2)c1. The number of pyridine rings is 1. The first-order chi connectivity index (χ1) is 15.2. The zero-order valence-electron chi connectivity index (χ0n) is 18.8. The fraction of sp³-hybridized carbons (Fsp3) is 0.375. The minimum absolute atomic E-state index is 0.0786. The molecule has 0 unspecified atom stereocenters. The standard InChI is InChI=1S/C24H27N5O3/c1-16-15-28(23(30)32-24(2,3)4)9-10-29(16)19-6-5-18(13-25)21(12-19)31-20-11-17-7-8-26-22(17)27-14-20/h5-8,11-12,14,16H,9-10,15H2,1-4H3,(H,26,27)/t16-/m1/s1. The lowest BCUT2D eigenvalue weighted by Crippen LogP contribution is -2.54. The molecule has 1 amide bonds. The van der Waals surface area contributed by atoms with Gasteiger partial charge in [-0.3, -0.25) is 0 Å². The molecule has 1 N–H and O–H groups in total. The third-order valence-corrected chi connectivity index (χ3v) is 5.30. The molecule has 2 aromatic heterocycles. The highest BCUT2D eigenvalue weighted by Gasteiger charge is 2.30. The Balaban J connectivity index is 1.52. The molecule has 1 aromatic carbocycles. The molecule has 0 spiro atoms. The maximum atomic E-state index is 12.4. The second-order valence-corrected chi connectivity index (χ2v) is 8.95. The average Bonchev–Trinajstić information content (AvgIpc) is 3.20. The molecular formula is C24H27N5O3. The van der Waals surface area contributed by atoms with E-state index in [0.29, 0.717) is 36.7 Å². The van der Waals surface area contributed by atoms with Gasteiger partial charge in [0.05, 0.1) is 11.8 Å². The monoisotopic (exact) mass is 433 g/mol. The number of piperazine rings is 1. The predicted octanol–water partition coefficient (Wildman–Crippen LogP) is 4.67. The number of anilines is 1. The number of ether oxygens (including phenoxy) is 2. The maximum Gasteiger partial charge on any atom is 0.410 e. The highest BCUT2D eigenvalue weighted by molar-refractivity contribution is 5.76. The number of hydrogen-bond acceptors (Lipinski definition) is 6. The summed E-state index contributed by atoms with van der Waals surface area (Å²) in [6, 6.07) is 11.6. The van der Waals surface area contributed by atoms with Crippen LogP contribution in [-0.4, -0.2) is 52.2 Å². The van der Waals surface area contributed by atoms with Crippen molar-refractivity contribution in [3.63, 3.8) is 0 Å². The number of nitrogens with one attached hydrogen (secondary N) is 1. The van der Waals surface area contributed by atoms with Crippen molar-refractivity contribution < 1.29 is 14.3 Å². The van der Waals surface area contributed by atoms with E-state index < -0.39 is 5.60 Å². The number of amides is 1. The van der Waals surface area contributed by atoms with Crippen LogP contribution < -0.4 is 9.64 Å². The summed E-state index contributed by atoms with van der Waals surface area (Å²) < 4.78 is 11.6. The second-order valence-electron chi connectivity index (χ2n) is 8.95. The van der Waals surface area contributed by atoms with E-state index in [1.165, 1.54) is 0 Å². The topological polar surface area (TPSA) is 94.5 Å². The molecule has 0 bridgehead atoms. The molecule has 0 radical (unpaired) electrons. The minimum Gasteiger partial charge on any atom is -0.454 e. The summed E-state index contributed by atoms with van der Waals surface area (Å²) in [7, 11) is 0. The van der Waals surface area contributed by atoms with Gasteiger partial charge in [-0.25, -0.2) is 9.78 Å². The molecule has 1 aliphatic heterocycles. The Morgan fingerprint density at radius 1 is 1.25 bits per heavy atom. The molecule has 3 heterocycles. The normalized spacial score (nSPS) is 16.7. The van der Waals surface area contributed by atoms with E-state index in [2.05, 4.69) is 27.9 Å². The van der Waals surface area contributed by atoms with Crippen LogP contribution in [0.1, 0.15) is 33.3 Å². The van der Waals surface area contributed by atoms with Gasteiger partial charge in [0, 0.05) is 49.0 Å². The van der Waals surface area contributed by atoms with Crippen molar-refractivity contribution in [3.8, 4) is 17.6 Å². The number of benzene rings is 1. The summed E-state index contributed by atoms with van der Waals surface area (Å²) in [6.07, 6.45) is 3.16. The Bertz CT molecular complexity index is 1170. The number of hydrogen-bond donors (Lipinski definition) is 1. The van der Waals surface area contributed by atoms with Gasteiger partial charge < -0.3 is 24.3 Å². The van der Waals surface area contributed by atoms with E-state index in [9.17, 15) is 10.1 Å². The van der Waals surface area contributed by atoms with Gasteiger partial charge in [0.1, 0.15) is 28.8 Å². The van der Waals surface area contributed by atoms with Crippen LogP contribution in [0.25, 0.3) is 11.0 Å². The number of rotatable bonds is 3. The number of aromatic amines is 1. The van der Waals surface area contributed by atoms with Crippen molar-refractivity contribution in [2.75, 3.05) is 24.5 Å². The first kappa shape index (κ1) is 21.5. The molecule has 0 aliphatic carbocycles. The van der Waals surface area contributed by atoms with Gasteiger partial charge in [0.25, 0.3) is 0 Å². The Morgan fingerprint density at radius 3 is 2.78 bits per heavy atom. The van der Waals surface area contributed by atoms with E-state index in [4.69, 9.17) is 9.47 Å². The van der Waals surface area contributed by atoms with Gasteiger partial charge in [-0.2, -0.15) is 5.26 Å². The summed E-state index contributed by atoms with van der Waals surface area (Å²) in [6.45, 7) is 9.44. The van der Waals surface area contributed by atoms with Crippen LogP contribution in [0.5, 0.6) is 11.5 Å². The molecule has 0 saturated carbocycles. The fourth-order valence-corrected chi connectivity index (χ4v) is 3.80. The molecule has 4 rings (SSSR count). The number of H-pyrrole nitrogens is 1. The van der Waals surface area contributed by atoms with E-state index in [1.54, 1.807) is 17.2 Å². The van der Waals surface area contributed by atoms with Crippen LogP contribution in [0.15, 0.2) is 42.7 Å². The number of fused-ring (bicyclic) bond motifs is 1. The summed E-state index contributed by atoms with van der Waals surface area (Å²) in [4.78, 5) is 23.8. The lowest BCUT2D eigenvalue weighted by Gasteiger charge is -2.41. The molecule has 32 heavy (non-hydrogen) atoms. The third kappa shape index (κ3) is 4.62. The summed E-state index contributed by atoms with van der Waals surface area (Å²) in [5.74, 6) is 1.04. The Morgan fingerprint density at radius 2 is 2.06 bits per heavy atom. The van der Waals surface area contributed by atoms with Gasteiger partial charge in [-0.05, 0) is 52.0 Å². The molecule has 1 fully saturated rings. The maximum absolute atomic E-state index is 12.4. The molecule has 8 heteroatoms. The highest BCUT2D eigenvalue weighted by atomic mass is 16.6. The van der Waals surface area contributed by atoms with Crippen LogP contribution in [0.2, 0.25) is 0 Å². The summed E-state index contributed by atoms with van der Waals surface area (Å²) in [5, 5.41) is 10.5. The Kier molecular flexibility index (Phi) is 5.66. The molecular weight excluding hydrogens is 406 g/mol. The van der Waals surface area contributed by atoms with Crippen molar-refractivity contribution in [3.05, 3.63) is 48.3 Å². The number of nitriles is 1. The van der Waals surface area contributed by atoms with Gasteiger partial charge in [0.15, 0.2) is 0 Å². The van der Waals surface area contributed by atoms with E-state index >= 15 is 0 Å². The molecule has 3 aromatic rings. The third-order valence-electron chi connectivity index (χ3n) is 5.30. The van der Waals surface area contributed by atoms with Crippen LogP contribution in [0.3, 0.4) is 0 Å². The van der Waals surface area contributed by atoms with Gasteiger partial charge in [0.2, 0.25) is 0 Å². The van der Waals surface area contributed by atoms with Crippen LogP contribution >= 0.6 is 0 Å². The smallest absolute Gasteiger partial charge is 0.410 e. The summed E-state index contributed by atoms with van der Waals surface area (Å²) >= 11 is 0. The number of carbonyl (C=O) groups excluding carboxylic acids is 1. The molecule has 1 atom stereocenters. The average molecular weight is 434 g/mol. The van der Waals surface area contributed by atoms with Gasteiger partial charge in [-0.15, -0.1) is 0 Å². The van der Waals surface area contributed by atoms with Gasteiger partial charge in [-0.1, -0.05) is 0 Å². The first-order valence-corrected chi connectivity index (χ1v) is 10.6.